The number of imidazole rings is 1. The summed E-state index contributed by atoms with van der Waals surface area (Å²) < 4.78 is 23.5. The second kappa shape index (κ2) is 10.6. The van der Waals surface area contributed by atoms with Crippen LogP contribution in [0.5, 0.6) is 5.75 Å². The minimum Gasteiger partial charge on any atom is -0.490 e. The summed E-state index contributed by atoms with van der Waals surface area (Å²) >= 11 is 6.38. The van der Waals surface area contributed by atoms with Gasteiger partial charge in [0.2, 0.25) is 0 Å². The Morgan fingerprint density at radius 2 is 2.08 bits per heavy atom. The zero-order valence-corrected chi connectivity index (χ0v) is 23.6. The third-order valence-corrected chi connectivity index (χ3v) is 7.65. The standard InChI is InChI=1S/C26H33ClFN6O2Si/c1-14(2)36-22-17(26(4,37)25-32-15(3)21-23(29)30-8-11-34(21)25)12-18(27)20(28)19(22)24(35)31-13-16-6-9-33(5)10-7-16/h8,11-12,14,16H,6-7,9-10,13H2,1-5H3,(H2,29,30)(H,31,35)/t26-/m0/s1. The molecule has 3 aromatic rings. The predicted octanol–water partition coefficient (Wildman–Crippen LogP) is 3.70. The number of halogens is 2. The first kappa shape index (κ1) is 27.3. The maximum Gasteiger partial charge on any atom is 0.258 e. The van der Waals surface area contributed by atoms with E-state index in [4.69, 9.17) is 27.1 Å². The van der Waals surface area contributed by atoms with Crippen LogP contribution in [0.2, 0.25) is 5.02 Å². The lowest BCUT2D eigenvalue weighted by Crippen LogP contribution is -2.37. The molecule has 197 valence electrons. The third-order valence-electron chi connectivity index (χ3n) is 6.89. The summed E-state index contributed by atoms with van der Waals surface area (Å²) in [4.78, 5) is 24.6. The quantitative estimate of drug-likeness (QED) is 0.441. The molecule has 0 aliphatic carbocycles. The Labute approximate surface area is 225 Å². The van der Waals surface area contributed by atoms with E-state index in [-0.39, 0.29) is 22.4 Å². The zero-order valence-electron chi connectivity index (χ0n) is 21.9. The lowest BCUT2D eigenvalue weighted by molar-refractivity contribution is 0.0928. The molecule has 0 bridgehead atoms. The molecule has 0 unspecified atom stereocenters. The van der Waals surface area contributed by atoms with Crippen molar-refractivity contribution >= 4 is 39.1 Å². The number of nitrogens with one attached hydrogen (secondary N) is 1. The van der Waals surface area contributed by atoms with E-state index in [2.05, 4.69) is 32.5 Å². The molecule has 0 saturated carbocycles. The van der Waals surface area contributed by atoms with Gasteiger partial charge in [-0.15, -0.1) is 0 Å². The Bertz CT molecular complexity index is 1320. The summed E-state index contributed by atoms with van der Waals surface area (Å²) in [5.74, 6) is -0.0361. The van der Waals surface area contributed by atoms with Gasteiger partial charge in [-0.1, -0.05) is 18.5 Å². The Morgan fingerprint density at radius 1 is 1.41 bits per heavy atom. The van der Waals surface area contributed by atoms with Crippen LogP contribution in [0.1, 0.15) is 61.1 Å². The van der Waals surface area contributed by atoms with E-state index in [1.54, 1.807) is 12.4 Å². The number of likely N-dealkylation sites (tertiary alicyclic amines) is 1. The number of rotatable bonds is 7. The Hall–Kier alpha value is -2.69. The summed E-state index contributed by atoms with van der Waals surface area (Å²) in [5.41, 5.74) is 7.72. The number of fused-ring (bicyclic) bond motifs is 1. The molecule has 1 amide bonds. The maximum atomic E-state index is 15.5. The van der Waals surface area contributed by atoms with Crippen molar-refractivity contribution in [2.75, 3.05) is 32.4 Å². The zero-order chi connectivity index (χ0) is 27.1. The molecule has 4 rings (SSSR count). The number of ether oxygens (including phenoxy) is 1. The van der Waals surface area contributed by atoms with Crippen molar-refractivity contribution in [3.05, 3.63) is 51.9 Å². The molecule has 0 spiro atoms. The van der Waals surface area contributed by atoms with E-state index >= 15 is 4.39 Å². The molecule has 2 aromatic heterocycles. The third kappa shape index (κ3) is 5.32. The average Bonchev–Trinajstić information content (AvgIpc) is 3.19. The molecule has 3 radical (unpaired) electrons. The highest BCUT2D eigenvalue weighted by Crippen LogP contribution is 2.42. The average molecular weight is 544 g/mol. The summed E-state index contributed by atoms with van der Waals surface area (Å²) in [7, 11) is 5.96. The highest BCUT2D eigenvalue weighted by Gasteiger charge is 2.37. The first-order chi connectivity index (χ1) is 17.4. The number of carbonyl (C=O) groups excluding carboxylic acids is 1. The predicted molar refractivity (Wildman–Crippen MR) is 144 cm³/mol. The van der Waals surface area contributed by atoms with Crippen LogP contribution in [-0.4, -0.2) is 68.2 Å². The summed E-state index contributed by atoms with van der Waals surface area (Å²) in [6.07, 6.45) is 4.95. The van der Waals surface area contributed by atoms with Crippen LogP contribution in [0.4, 0.5) is 10.2 Å². The van der Waals surface area contributed by atoms with Gasteiger partial charge < -0.3 is 20.7 Å². The number of piperidine rings is 1. The van der Waals surface area contributed by atoms with Crippen molar-refractivity contribution < 1.29 is 13.9 Å². The number of aryl methyl sites for hydroxylation is 1. The van der Waals surface area contributed by atoms with Gasteiger partial charge in [-0.2, -0.15) is 0 Å². The number of nitrogens with two attached hydrogens (primary N) is 1. The minimum absolute atomic E-state index is 0.117. The van der Waals surface area contributed by atoms with E-state index in [0.717, 1.165) is 25.9 Å². The SMILES string of the molecule is Cc1nc([C@@](C)([Si])c2cc(Cl)c(F)c(C(=O)NCC3CCN(C)CC3)c2OC(C)C)n2ccnc(N)c12. The van der Waals surface area contributed by atoms with Crippen molar-refractivity contribution in [2.45, 2.75) is 51.7 Å². The molecule has 1 aliphatic heterocycles. The number of carbonyl (C=O) groups is 1. The molecule has 1 fully saturated rings. The molecule has 1 aromatic carbocycles. The normalized spacial score (nSPS) is 16.8. The van der Waals surface area contributed by atoms with Gasteiger partial charge in [-0.25, -0.2) is 14.4 Å². The highest BCUT2D eigenvalue weighted by molar-refractivity contribution is 6.31. The number of nitrogen functional groups attached to an aromatic ring is 1. The smallest absolute Gasteiger partial charge is 0.258 e. The summed E-state index contributed by atoms with van der Waals surface area (Å²) in [5, 5.41) is 1.71. The number of anilines is 1. The van der Waals surface area contributed by atoms with Crippen molar-refractivity contribution in [3.8, 4) is 5.75 Å². The number of amides is 1. The number of nitrogens with zero attached hydrogens (tertiary/aromatic N) is 4. The fourth-order valence-electron chi connectivity index (χ4n) is 4.85. The van der Waals surface area contributed by atoms with E-state index in [1.807, 2.05) is 32.1 Å². The second-order valence-corrected chi connectivity index (χ2v) is 11.6. The van der Waals surface area contributed by atoms with Crippen molar-refractivity contribution in [1.29, 1.82) is 0 Å². The molecule has 11 heteroatoms. The maximum absolute atomic E-state index is 15.5. The van der Waals surface area contributed by atoms with Crippen molar-refractivity contribution in [1.82, 2.24) is 24.6 Å². The van der Waals surface area contributed by atoms with Crippen LogP contribution in [0.25, 0.3) is 5.52 Å². The number of aromatic nitrogens is 3. The van der Waals surface area contributed by atoms with E-state index < -0.39 is 16.8 Å². The molecular weight excluding hydrogens is 511 g/mol. The van der Waals surface area contributed by atoms with E-state index in [9.17, 15) is 4.79 Å². The first-order valence-corrected chi connectivity index (χ1v) is 13.3. The van der Waals surface area contributed by atoms with Gasteiger partial charge in [-0.3, -0.25) is 9.20 Å². The van der Waals surface area contributed by atoms with Crippen LogP contribution in [0.3, 0.4) is 0 Å². The van der Waals surface area contributed by atoms with Crippen LogP contribution in [-0.2, 0) is 5.04 Å². The molecule has 8 nitrogen and oxygen atoms in total. The Kier molecular flexibility index (Phi) is 7.82. The first-order valence-electron chi connectivity index (χ1n) is 12.4. The largest absolute Gasteiger partial charge is 0.490 e. The van der Waals surface area contributed by atoms with Gasteiger partial charge in [0.25, 0.3) is 5.91 Å². The van der Waals surface area contributed by atoms with Gasteiger partial charge in [0.05, 0.1) is 16.8 Å². The Balaban J connectivity index is 1.80. The molecule has 37 heavy (non-hydrogen) atoms. The van der Waals surface area contributed by atoms with Gasteiger partial charge in [-0.05, 0) is 65.7 Å². The molecule has 3 heterocycles. The van der Waals surface area contributed by atoms with Gasteiger partial charge in [0, 0.05) is 39.8 Å². The summed E-state index contributed by atoms with van der Waals surface area (Å²) in [6.45, 7) is 9.73. The highest BCUT2D eigenvalue weighted by atomic mass is 35.5. The van der Waals surface area contributed by atoms with E-state index in [0.29, 0.717) is 40.9 Å². The van der Waals surface area contributed by atoms with Crippen molar-refractivity contribution in [3.63, 3.8) is 0 Å². The lowest BCUT2D eigenvalue weighted by Gasteiger charge is -2.30. The second-order valence-electron chi connectivity index (χ2n) is 10.2. The molecule has 3 N–H and O–H groups in total. The lowest BCUT2D eigenvalue weighted by atomic mass is 9.93. The number of benzene rings is 1. The molecule has 1 aliphatic rings. The van der Waals surface area contributed by atoms with Crippen LogP contribution >= 0.6 is 11.6 Å². The van der Waals surface area contributed by atoms with Gasteiger partial charge in [0.1, 0.15) is 28.5 Å². The van der Waals surface area contributed by atoms with Gasteiger partial charge in [0.15, 0.2) is 5.82 Å². The fraction of sp³-hybridized carbons (Fsp3) is 0.500. The van der Waals surface area contributed by atoms with Gasteiger partial charge >= 0.3 is 0 Å². The van der Waals surface area contributed by atoms with E-state index in [1.165, 1.54) is 6.07 Å². The topological polar surface area (TPSA) is 97.8 Å². The molecule has 1 atom stereocenters. The van der Waals surface area contributed by atoms with Crippen molar-refractivity contribution in [2.24, 2.45) is 5.92 Å². The minimum atomic E-state index is -1.03. The van der Waals surface area contributed by atoms with Crippen LogP contribution in [0.15, 0.2) is 18.5 Å². The Morgan fingerprint density at radius 3 is 2.73 bits per heavy atom. The monoisotopic (exact) mass is 543 g/mol. The number of hydrogen-bond acceptors (Lipinski definition) is 6. The molecule has 1 saturated heterocycles. The van der Waals surface area contributed by atoms with Crippen LogP contribution in [0, 0.1) is 18.7 Å². The number of hydrogen-bond donors (Lipinski definition) is 2. The van der Waals surface area contributed by atoms with Crippen LogP contribution < -0.4 is 15.8 Å². The fourth-order valence-corrected chi connectivity index (χ4v) is 5.41. The molecular formula is C26H33ClFN6O2Si. The summed E-state index contributed by atoms with van der Waals surface area (Å²) in [6, 6.07) is 1.48.